The molecule has 1 heterocycles. The summed E-state index contributed by atoms with van der Waals surface area (Å²) in [6.45, 7) is 3.73. The van der Waals surface area contributed by atoms with E-state index in [1.807, 2.05) is 0 Å². The molecular formula is C16H28O3. The van der Waals surface area contributed by atoms with Gasteiger partial charge in [-0.3, -0.25) is 4.79 Å². The van der Waals surface area contributed by atoms with Crippen molar-refractivity contribution >= 4 is 5.97 Å². The molecule has 0 amide bonds. The number of aliphatic carboxylic acids is 1. The maximum Gasteiger partial charge on any atom is 0.309 e. The zero-order valence-corrected chi connectivity index (χ0v) is 12.2. The predicted octanol–water partition coefficient (Wildman–Crippen LogP) is 3.86. The number of carboxylic acids is 1. The lowest BCUT2D eigenvalue weighted by Gasteiger charge is -2.44. The normalized spacial score (nSPS) is 33.2. The van der Waals surface area contributed by atoms with Crippen LogP contribution in [0.1, 0.15) is 64.7 Å². The van der Waals surface area contributed by atoms with E-state index in [-0.39, 0.29) is 0 Å². The van der Waals surface area contributed by atoms with Gasteiger partial charge in [-0.2, -0.15) is 0 Å². The van der Waals surface area contributed by atoms with Gasteiger partial charge in [0.25, 0.3) is 0 Å². The molecule has 0 bridgehead atoms. The summed E-state index contributed by atoms with van der Waals surface area (Å²) in [5.74, 6) is 0.562. The molecule has 3 nitrogen and oxygen atoms in total. The summed E-state index contributed by atoms with van der Waals surface area (Å²) in [6.07, 6.45) is 9.72. The van der Waals surface area contributed by atoms with Crippen molar-refractivity contribution < 1.29 is 14.6 Å². The second-order valence-electron chi connectivity index (χ2n) is 6.43. The van der Waals surface area contributed by atoms with Crippen LogP contribution in [0.3, 0.4) is 0 Å². The minimum atomic E-state index is -0.548. The Bertz CT molecular complexity index is 286. The van der Waals surface area contributed by atoms with Crippen LogP contribution in [0.2, 0.25) is 0 Å². The molecule has 0 radical (unpaired) electrons. The molecule has 110 valence electrons. The monoisotopic (exact) mass is 268 g/mol. The van der Waals surface area contributed by atoms with Crippen molar-refractivity contribution in [3.63, 3.8) is 0 Å². The van der Waals surface area contributed by atoms with E-state index >= 15 is 0 Å². The minimum Gasteiger partial charge on any atom is -0.481 e. The Labute approximate surface area is 116 Å². The van der Waals surface area contributed by atoms with E-state index < -0.39 is 11.4 Å². The molecule has 2 fully saturated rings. The number of rotatable bonds is 5. The second kappa shape index (κ2) is 6.74. The maximum absolute atomic E-state index is 11.9. The second-order valence-corrected chi connectivity index (χ2v) is 6.43. The molecule has 0 unspecified atom stereocenters. The molecule has 0 aromatic carbocycles. The molecule has 0 atom stereocenters. The van der Waals surface area contributed by atoms with E-state index in [1.165, 1.54) is 19.3 Å². The summed E-state index contributed by atoms with van der Waals surface area (Å²) >= 11 is 0. The summed E-state index contributed by atoms with van der Waals surface area (Å²) in [5.41, 5.74) is -0.438. The summed E-state index contributed by atoms with van der Waals surface area (Å²) in [6, 6.07) is 0. The first-order chi connectivity index (χ1) is 9.19. The third-order valence-electron chi connectivity index (χ3n) is 5.39. The molecular weight excluding hydrogens is 240 g/mol. The van der Waals surface area contributed by atoms with E-state index in [9.17, 15) is 9.90 Å². The number of carbonyl (C=O) groups is 1. The average molecular weight is 268 g/mol. The predicted molar refractivity (Wildman–Crippen MR) is 75.1 cm³/mol. The number of hydrogen-bond donors (Lipinski definition) is 1. The van der Waals surface area contributed by atoms with E-state index in [2.05, 4.69) is 6.92 Å². The molecule has 1 saturated carbocycles. The quantitative estimate of drug-likeness (QED) is 0.823. The van der Waals surface area contributed by atoms with Crippen LogP contribution in [-0.2, 0) is 9.53 Å². The Kier molecular flexibility index (Phi) is 5.26. The van der Waals surface area contributed by atoms with Gasteiger partial charge in [0.15, 0.2) is 0 Å². The zero-order chi connectivity index (χ0) is 13.7. The molecule has 0 aromatic rings. The lowest BCUT2D eigenvalue weighted by Crippen LogP contribution is -2.44. The topological polar surface area (TPSA) is 46.5 Å². The summed E-state index contributed by atoms with van der Waals surface area (Å²) in [5, 5.41) is 9.76. The van der Waals surface area contributed by atoms with Gasteiger partial charge in [-0.05, 0) is 50.4 Å². The zero-order valence-electron chi connectivity index (χ0n) is 12.2. The smallest absolute Gasteiger partial charge is 0.309 e. The van der Waals surface area contributed by atoms with Crippen molar-refractivity contribution in [2.24, 2.45) is 17.3 Å². The van der Waals surface area contributed by atoms with Gasteiger partial charge >= 0.3 is 5.97 Å². The molecule has 0 spiro atoms. The Hall–Kier alpha value is -0.570. The fraction of sp³-hybridized carbons (Fsp3) is 0.938. The first-order valence-corrected chi connectivity index (χ1v) is 8.00. The van der Waals surface area contributed by atoms with Gasteiger partial charge in [0.2, 0.25) is 0 Å². The van der Waals surface area contributed by atoms with Crippen molar-refractivity contribution in [2.45, 2.75) is 64.7 Å². The molecule has 1 aliphatic heterocycles. The first-order valence-electron chi connectivity index (χ1n) is 8.00. The van der Waals surface area contributed by atoms with Gasteiger partial charge in [-0.25, -0.2) is 0 Å². The van der Waals surface area contributed by atoms with Gasteiger partial charge in [0.1, 0.15) is 0 Å². The van der Waals surface area contributed by atoms with E-state index in [0.717, 1.165) is 57.7 Å². The molecule has 1 saturated heterocycles. The molecule has 1 N–H and O–H groups in total. The van der Waals surface area contributed by atoms with Gasteiger partial charge in [0, 0.05) is 13.2 Å². The highest BCUT2D eigenvalue weighted by molar-refractivity contribution is 5.75. The van der Waals surface area contributed by atoms with E-state index in [0.29, 0.717) is 5.92 Å². The molecule has 19 heavy (non-hydrogen) atoms. The Balaban J connectivity index is 1.96. The van der Waals surface area contributed by atoms with Crippen LogP contribution in [0.15, 0.2) is 0 Å². The van der Waals surface area contributed by atoms with Crippen molar-refractivity contribution in [3.8, 4) is 0 Å². The number of ether oxygens (including phenoxy) is 1. The fourth-order valence-electron chi connectivity index (χ4n) is 4.02. The standard InChI is InChI=1S/C16H28O3/c1-2-3-4-13-5-9-16(10-6-13,15(17)18)14-7-11-19-12-8-14/h13-14H,2-12H2,1H3,(H,17,18). The highest BCUT2D eigenvalue weighted by atomic mass is 16.5. The molecule has 3 heteroatoms. The van der Waals surface area contributed by atoms with Crippen LogP contribution in [0, 0.1) is 17.3 Å². The number of hydrogen-bond acceptors (Lipinski definition) is 2. The third kappa shape index (κ3) is 3.31. The Morgan fingerprint density at radius 1 is 1.21 bits per heavy atom. The van der Waals surface area contributed by atoms with Crippen molar-refractivity contribution in [3.05, 3.63) is 0 Å². The van der Waals surface area contributed by atoms with Gasteiger partial charge in [0.05, 0.1) is 5.41 Å². The molecule has 2 rings (SSSR count). The number of carboxylic acid groups (broad SMARTS) is 1. The third-order valence-corrected chi connectivity index (χ3v) is 5.39. The lowest BCUT2D eigenvalue weighted by molar-refractivity contribution is -0.159. The molecule has 0 aromatic heterocycles. The summed E-state index contributed by atoms with van der Waals surface area (Å²) < 4.78 is 5.40. The van der Waals surface area contributed by atoms with Crippen LogP contribution in [0.5, 0.6) is 0 Å². The van der Waals surface area contributed by atoms with Gasteiger partial charge in [-0.15, -0.1) is 0 Å². The highest BCUT2D eigenvalue weighted by Gasteiger charge is 2.47. The maximum atomic E-state index is 11.9. The van der Waals surface area contributed by atoms with E-state index in [1.54, 1.807) is 0 Å². The Morgan fingerprint density at radius 3 is 2.37 bits per heavy atom. The van der Waals surface area contributed by atoms with Gasteiger partial charge in [-0.1, -0.05) is 26.2 Å². The summed E-state index contributed by atoms with van der Waals surface area (Å²) in [4.78, 5) is 11.9. The van der Waals surface area contributed by atoms with Crippen molar-refractivity contribution in [2.75, 3.05) is 13.2 Å². The lowest BCUT2D eigenvalue weighted by atomic mass is 9.61. The summed E-state index contributed by atoms with van der Waals surface area (Å²) in [7, 11) is 0. The van der Waals surface area contributed by atoms with Crippen LogP contribution < -0.4 is 0 Å². The van der Waals surface area contributed by atoms with Crippen LogP contribution in [0.25, 0.3) is 0 Å². The molecule has 2 aliphatic rings. The fourth-order valence-corrected chi connectivity index (χ4v) is 4.02. The van der Waals surface area contributed by atoms with Crippen LogP contribution >= 0.6 is 0 Å². The van der Waals surface area contributed by atoms with E-state index in [4.69, 9.17) is 4.74 Å². The average Bonchev–Trinajstić information content (AvgIpc) is 2.46. The van der Waals surface area contributed by atoms with Crippen molar-refractivity contribution in [1.29, 1.82) is 0 Å². The van der Waals surface area contributed by atoms with Crippen molar-refractivity contribution in [1.82, 2.24) is 0 Å². The largest absolute Gasteiger partial charge is 0.481 e. The number of unbranched alkanes of at least 4 members (excludes halogenated alkanes) is 1. The SMILES string of the molecule is CCCCC1CCC(C(=O)O)(C2CCOCC2)CC1. The first kappa shape index (κ1) is 14.8. The Morgan fingerprint density at radius 2 is 1.84 bits per heavy atom. The van der Waals surface area contributed by atoms with Gasteiger partial charge < -0.3 is 9.84 Å². The van der Waals surface area contributed by atoms with Crippen LogP contribution in [0.4, 0.5) is 0 Å². The minimum absolute atomic E-state index is 0.339. The highest BCUT2D eigenvalue weighted by Crippen LogP contribution is 2.48. The molecule has 1 aliphatic carbocycles. The van der Waals surface area contributed by atoms with Crippen LogP contribution in [-0.4, -0.2) is 24.3 Å².